The van der Waals surface area contributed by atoms with E-state index < -0.39 is 0 Å². The zero-order valence-corrected chi connectivity index (χ0v) is 27.7. The SMILES string of the molecule is c1ccc(N(c2ccc3c(c2)C2(c4ccccc4-3)C3CC4CC(C3)CC2C4)c2cccc3c2-c2ccccc2[C@@]32C[C@H]3CC[C@@H]2C3)cc1. The number of nitrogens with zero attached hydrogens (tertiary/aromatic N) is 1. The highest BCUT2D eigenvalue weighted by Gasteiger charge is 2.62. The van der Waals surface area contributed by atoms with Gasteiger partial charge in [-0.25, -0.2) is 0 Å². The average molecular weight is 622 g/mol. The predicted octanol–water partition coefficient (Wildman–Crippen LogP) is 12.0. The van der Waals surface area contributed by atoms with Gasteiger partial charge in [-0.1, -0.05) is 91.3 Å². The van der Waals surface area contributed by atoms with Crippen LogP contribution in [-0.4, -0.2) is 0 Å². The maximum Gasteiger partial charge on any atom is 0.0543 e. The maximum absolute atomic E-state index is 2.68. The Kier molecular flexibility index (Phi) is 5.20. The van der Waals surface area contributed by atoms with Crippen LogP contribution in [0.4, 0.5) is 17.1 Å². The van der Waals surface area contributed by atoms with E-state index in [9.17, 15) is 0 Å². The van der Waals surface area contributed by atoms with Crippen LogP contribution >= 0.6 is 0 Å². The van der Waals surface area contributed by atoms with E-state index in [-0.39, 0.29) is 10.8 Å². The average Bonchev–Trinajstić information content (AvgIpc) is 3.88. The van der Waals surface area contributed by atoms with Gasteiger partial charge < -0.3 is 4.90 Å². The van der Waals surface area contributed by atoms with Gasteiger partial charge in [-0.2, -0.15) is 0 Å². The van der Waals surface area contributed by atoms with Crippen LogP contribution in [0.15, 0.2) is 115 Å². The lowest BCUT2D eigenvalue weighted by Gasteiger charge is -2.61. The fourth-order valence-electron chi connectivity index (χ4n) is 13.9. The highest BCUT2D eigenvalue weighted by Crippen LogP contribution is 2.70. The van der Waals surface area contributed by atoms with Crippen LogP contribution in [0.5, 0.6) is 0 Å². The maximum atomic E-state index is 2.68. The summed E-state index contributed by atoms with van der Waals surface area (Å²) in [5, 5.41) is 0. The molecule has 5 aromatic carbocycles. The molecule has 0 radical (unpaired) electrons. The molecule has 6 bridgehead atoms. The highest BCUT2D eigenvalue weighted by atomic mass is 15.1. The molecule has 0 heterocycles. The molecular formula is C47H43N. The standard InChI is InChI=1S/C47H43N/c1-2-9-35(10-3-1)48(44-16-8-15-42-45(44)39-12-5-6-13-40(39)46(42)28-29-17-18-32(46)22-29)36-19-20-38-37-11-4-7-14-41(37)47(43(38)27-36)33-23-30-21-31(25-33)26-34(47)24-30/h1-16,19-20,27,29-34H,17-18,21-26,28H2/t29-,30?,31?,32+,33?,34?,46-,47?/m0/s1. The van der Waals surface area contributed by atoms with E-state index in [4.69, 9.17) is 0 Å². The Morgan fingerprint density at radius 3 is 1.88 bits per heavy atom. The Hall–Kier alpha value is -4.10. The van der Waals surface area contributed by atoms with Gasteiger partial charge in [0.25, 0.3) is 0 Å². The first kappa shape index (κ1) is 26.8. The largest absolute Gasteiger partial charge is 0.310 e. The van der Waals surface area contributed by atoms with Gasteiger partial charge in [-0.3, -0.25) is 0 Å². The van der Waals surface area contributed by atoms with Gasteiger partial charge in [0.2, 0.25) is 0 Å². The predicted molar refractivity (Wildman–Crippen MR) is 196 cm³/mol. The first-order valence-corrected chi connectivity index (χ1v) is 19.1. The van der Waals surface area contributed by atoms with Crippen molar-refractivity contribution in [2.75, 3.05) is 4.90 Å². The molecule has 0 N–H and O–H groups in total. The first-order valence-electron chi connectivity index (χ1n) is 19.1. The van der Waals surface area contributed by atoms with E-state index in [0.29, 0.717) is 0 Å². The smallest absolute Gasteiger partial charge is 0.0543 e. The Morgan fingerprint density at radius 1 is 0.458 bits per heavy atom. The normalized spacial score (nSPS) is 33.7. The number of hydrogen-bond donors (Lipinski definition) is 0. The van der Waals surface area contributed by atoms with Gasteiger partial charge in [0.1, 0.15) is 0 Å². The van der Waals surface area contributed by atoms with Crippen molar-refractivity contribution in [3.63, 3.8) is 0 Å². The molecule has 1 nitrogen and oxygen atoms in total. The van der Waals surface area contributed by atoms with E-state index in [1.54, 1.807) is 22.3 Å². The molecule has 0 saturated heterocycles. The zero-order chi connectivity index (χ0) is 31.2. The third-order valence-corrected chi connectivity index (χ3v) is 15.1. The summed E-state index contributed by atoms with van der Waals surface area (Å²) in [6, 6.07) is 45.3. The molecule has 6 fully saturated rings. The van der Waals surface area contributed by atoms with Gasteiger partial charge in [-0.15, -0.1) is 0 Å². The Balaban J connectivity index is 1.10. The van der Waals surface area contributed by atoms with Crippen molar-refractivity contribution in [3.05, 3.63) is 138 Å². The van der Waals surface area contributed by atoms with Crippen molar-refractivity contribution in [2.24, 2.45) is 35.5 Å². The zero-order valence-electron chi connectivity index (χ0n) is 27.7. The minimum absolute atomic E-state index is 0.163. The van der Waals surface area contributed by atoms with Gasteiger partial charge in [0.15, 0.2) is 0 Å². The lowest BCUT2D eigenvalue weighted by Crippen LogP contribution is -2.55. The molecule has 0 aromatic heterocycles. The van der Waals surface area contributed by atoms with Crippen LogP contribution in [0.1, 0.15) is 80.0 Å². The number of rotatable bonds is 3. The summed E-state index contributed by atoms with van der Waals surface area (Å²) in [7, 11) is 0. The van der Waals surface area contributed by atoms with Crippen LogP contribution in [0.25, 0.3) is 22.3 Å². The fourth-order valence-corrected chi connectivity index (χ4v) is 13.9. The number of para-hydroxylation sites is 1. The quantitative estimate of drug-likeness (QED) is 0.194. The summed E-state index contributed by atoms with van der Waals surface area (Å²) in [6.45, 7) is 0. The third-order valence-electron chi connectivity index (χ3n) is 15.1. The van der Waals surface area contributed by atoms with Crippen molar-refractivity contribution < 1.29 is 0 Å². The second kappa shape index (κ2) is 9.32. The molecule has 0 unspecified atom stereocenters. The topological polar surface area (TPSA) is 3.24 Å². The molecule has 2 spiro atoms. The lowest BCUT2D eigenvalue weighted by atomic mass is 9.43. The molecule has 1 heteroatoms. The molecule has 13 rings (SSSR count). The van der Waals surface area contributed by atoms with E-state index in [2.05, 4.69) is 120 Å². The van der Waals surface area contributed by atoms with Crippen molar-refractivity contribution in [2.45, 2.75) is 68.6 Å². The first-order chi connectivity index (χ1) is 23.7. The van der Waals surface area contributed by atoms with Gasteiger partial charge in [0, 0.05) is 27.8 Å². The van der Waals surface area contributed by atoms with Crippen molar-refractivity contribution in [1.82, 2.24) is 0 Å². The summed E-state index contributed by atoms with van der Waals surface area (Å²) in [5.74, 6) is 5.06. The fraction of sp³-hybridized carbons (Fsp3) is 0.362. The molecule has 236 valence electrons. The number of anilines is 3. The number of hydrogen-bond acceptors (Lipinski definition) is 1. The van der Waals surface area contributed by atoms with Crippen molar-refractivity contribution in [3.8, 4) is 22.3 Å². The Morgan fingerprint density at radius 2 is 1.12 bits per heavy atom. The highest BCUT2D eigenvalue weighted by molar-refractivity contribution is 5.96. The number of benzene rings is 5. The Bertz CT molecular complexity index is 2110. The van der Waals surface area contributed by atoms with Crippen LogP contribution < -0.4 is 4.90 Å². The summed E-state index contributed by atoms with van der Waals surface area (Å²) < 4.78 is 0. The monoisotopic (exact) mass is 621 g/mol. The van der Waals surface area contributed by atoms with Crippen LogP contribution in [-0.2, 0) is 10.8 Å². The number of fused-ring (bicyclic) bond motifs is 11. The minimum atomic E-state index is 0.163. The Labute approximate surface area is 285 Å². The van der Waals surface area contributed by atoms with Crippen LogP contribution in [0, 0.1) is 35.5 Å². The summed E-state index contributed by atoms with van der Waals surface area (Å²) >= 11 is 0. The second-order valence-corrected chi connectivity index (χ2v) is 16.9. The lowest BCUT2D eigenvalue weighted by molar-refractivity contribution is -0.0399. The van der Waals surface area contributed by atoms with E-state index in [1.807, 2.05) is 0 Å². The van der Waals surface area contributed by atoms with Gasteiger partial charge in [0.05, 0.1) is 5.69 Å². The molecule has 0 amide bonds. The summed E-state index contributed by atoms with van der Waals surface area (Å²) in [4.78, 5) is 2.63. The molecule has 48 heavy (non-hydrogen) atoms. The van der Waals surface area contributed by atoms with Crippen molar-refractivity contribution >= 4 is 17.1 Å². The van der Waals surface area contributed by atoms with E-state index >= 15 is 0 Å². The molecule has 8 aliphatic carbocycles. The van der Waals surface area contributed by atoms with E-state index in [1.165, 1.54) is 97.1 Å². The molecule has 8 aliphatic rings. The van der Waals surface area contributed by atoms with Crippen LogP contribution in [0.2, 0.25) is 0 Å². The minimum Gasteiger partial charge on any atom is -0.310 e. The summed E-state index contributed by atoms with van der Waals surface area (Å²) in [5.41, 5.74) is 16.7. The van der Waals surface area contributed by atoms with E-state index in [0.717, 1.165) is 35.5 Å². The van der Waals surface area contributed by atoms with Crippen LogP contribution in [0.3, 0.4) is 0 Å². The molecule has 6 saturated carbocycles. The summed E-state index contributed by atoms with van der Waals surface area (Å²) in [6.07, 6.45) is 12.7. The van der Waals surface area contributed by atoms with Gasteiger partial charge >= 0.3 is 0 Å². The molecule has 5 aromatic rings. The van der Waals surface area contributed by atoms with Gasteiger partial charge in [-0.05, 0) is 156 Å². The molecule has 3 atom stereocenters. The second-order valence-electron chi connectivity index (χ2n) is 16.9. The molecular weight excluding hydrogens is 579 g/mol. The molecule has 0 aliphatic heterocycles. The van der Waals surface area contributed by atoms with Crippen molar-refractivity contribution in [1.29, 1.82) is 0 Å². The third kappa shape index (κ3) is 3.16.